The molecule has 0 radical (unpaired) electrons. The van der Waals surface area contributed by atoms with Crippen LogP contribution in [0.3, 0.4) is 0 Å². The van der Waals surface area contributed by atoms with Gasteiger partial charge in [-0.2, -0.15) is 0 Å². The van der Waals surface area contributed by atoms with E-state index in [4.69, 9.17) is 8.83 Å². The third-order valence-corrected chi connectivity index (χ3v) is 26.2. The molecular weight excluding hydrogens is 1480 g/mol. The highest BCUT2D eigenvalue weighted by Crippen LogP contribution is 2.61. The molecule has 2 aliphatic carbocycles. The van der Waals surface area contributed by atoms with E-state index in [9.17, 15) is 0 Å². The van der Waals surface area contributed by atoms with Gasteiger partial charge in [-0.15, -0.1) is 0 Å². The quantitative estimate of drug-likeness (QED) is 0.0910. The van der Waals surface area contributed by atoms with E-state index in [1.54, 1.807) is 0 Å². The summed E-state index contributed by atoms with van der Waals surface area (Å²) < 4.78 is 13.3. The fourth-order valence-corrected chi connectivity index (χ4v) is 20.3. The van der Waals surface area contributed by atoms with Crippen LogP contribution in [0, 0.1) is 0 Å². The first kappa shape index (κ1) is 73.5. The monoisotopic (exact) mass is 1560 g/mol. The molecule has 0 atom stereocenters. The van der Waals surface area contributed by atoms with Crippen molar-refractivity contribution in [2.24, 2.45) is 0 Å². The summed E-state index contributed by atoms with van der Waals surface area (Å²) in [6.45, 7) is 11.8. The minimum absolute atomic E-state index is 0.0663. The zero-order chi connectivity index (χ0) is 81.8. The summed E-state index contributed by atoms with van der Waals surface area (Å²) in [6.07, 6.45) is 0.828. The van der Waals surface area contributed by atoms with Crippen LogP contribution in [0.25, 0.3) is 111 Å². The van der Waals surface area contributed by atoms with Gasteiger partial charge < -0.3 is 18.6 Å². The van der Waals surface area contributed by atoms with Crippen molar-refractivity contribution in [2.45, 2.75) is 62.7 Å². The van der Waals surface area contributed by atoms with E-state index < -0.39 is 10.8 Å². The lowest BCUT2D eigenvalue weighted by Gasteiger charge is -2.36. The maximum absolute atomic E-state index is 6.63. The van der Waals surface area contributed by atoms with Gasteiger partial charge in [-0.05, 0) is 207 Å². The standard InChI is InChI=1S/C118H88N2O2/c1-115(2,3)88-59-69-98-100-71-67-93(75-108(100)117(106(98)73-88,84-31-13-7-14-32-84)85-33-15-8-16-34-85)119(91-63-55-82(56-64-91)96-42-27-44-104-102-40-22-25-47-111(102)121-113(96)104)90-61-53-80(54-62-90)79-51-49-78(50-52-79)77-116(4,5)89-60-70-99-101-72-68-94(76-109(101)118(107(99)74-89,86-35-17-9-18-36-86)87-37-19-10-20-38-87)120(110-46-24-21-39-95(110)81-29-11-6-12-30-81)92-65-57-83(58-66-92)97-43-28-45-105-103-41-23-26-48-112(103)122-114(97)105/h6-76H,77H2,1-5H3. The van der Waals surface area contributed by atoms with Gasteiger partial charge in [0, 0.05) is 66.7 Å². The number of furan rings is 2. The van der Waals surface area contributed by atoms with E-state index in [0.29, 0.717) is 0 Å². The van der Waals surface area contributed by atoms with Gasteiger partial charge in [0.15, 0.2) is 0 Å². The summed E-state index contributed by atoms with van der Waals surface area (Å²) in [5.41, 5.74) is 36.0. The van der Waals surface area contributed by atoms with Crippen LogP contribution in [0.1, 0.15) is 95.8 Å². The molecule has 0 aliphatic heterocycles. The smallest absolute Gasteiger partial charge is 0.143 e. The molecule has 4 nitrogen and oxygen atoms in total. The summed E-state index contributed by atoms with van der Waals surface area (Å²) in [5.74, 6) is 0. The van der Waals surface area contributed by atoms with Gasteiger partial charge in [0.2, 0.25) is 0 Å². The average molecular weight is 1570 g/mol. The topological polar surface area (TPSA) is 32.8 Å². The van der Waals surface area contributed by atoms with Crippen LogP contribution < -0.4 is 9.80 Å². The van der Waals surface area contributed by atoms with Crippen LogP contribution in [0.5, 0.6) is 0 Å². The molecule has 0 bridgehead atoms. The van der Waals surface area contributed by atoms with Crippen molar-refractivity contribution < 1.29 is 8.83 Å². The Labute approximate surface area is 713 Å². The molecule has 2 heterocycles. The first-order chi connectivity index (χ1) is 59.8. The summed E-state index contributed by atoms with van der Waals surface area (Å²) in [7, 11) is 0. The van der Waals surface area contributed by atoms with Crippen molar-refractivity contribution >= 4 is 78.0 Å². The maximum Gasteiger partial charge on any atom is 0.143 e. The van der Waals surface area contributed by atoms with E-state index in [1.165, 1.54) is 83.5 Å². The van der Waals surface area contributed by atoms with Gasteiger partial charge in [0.05, 0.1) is 16.5 Å². The van der Waals surface area contributed by atoms with E-state index in [0.717, 1.165) is 129 Å². The zero-order valence-electron chi connectivity index (χ0n) is 68.9. The second kappa shape index (κ2) is 29.3. The molecule has 0 fully saturated rings. The Morgan fingerprint density at radius 1 is 0.238 bits per heavy atom. The summed E-state index contributed by atoms with van der Waals surface area (Å²) >= 11 is 0. The molecule has 0 amide bonds. The molecular formula is C118H88N2O2. The number of anilines is 6. The number of para-hydroxylation sites is 5. The number of nitrogens with zero attached hydrogens (tertiary/aromatic N) is 2. The molecule has 0 unspecified atom stereocenters. The van der Waals surface area contributed by atoms with Crippen LogP contribution in [-0.4, -0.2) is 0 Å². The third kappa shape index (κ3) is 12.1. The molecule has 0 spiro atoms. The molecule has 2 aliphatic rings. The molecule has 0 N–H and O–H groups in total. The number of hydrogen-bond donors (Lipinski definition) is 0. The Morgan fingerprint density at radius 3 is 1.02 bits per heavy atom. The van der Waals surface area contributed by atoms with E-state index in [2.05, 4.69) is 463 Å². The van der Waals surface area contributed by atoms with E-state index in [1.807, 2.05) is 12.1 Å². The Hall–Kier alpha value is -14.8. The second-order valence-corrected chi connectivity index (χ2v) is 34.7. The van der Waals surface area contributed by atoms with Gasteiger partial charge in [-0.1, -0.05) is 386 Å². The molecule has 0 saturated carbocycles. The van der Waals surface area contributed by atoms with Crippen molar-refractivity contribution in [3.63, 3.8) is 0 Å². The van der Waals surface area contributed by atoms with Crippen LogP contribution in [-0.2, 0) is 28.1 Å². The molecule has 2 aromatic heterocycles. The van der Waals surface area contributed by atoms with Crippen molar-refractivity contribution in [1.29, 1.82) is 0 Å². The summed E-state index contributed by atoms with van der Waals surface area (Å²) in [4.78, 5) is 4.91. The predicted octanol–water partition coefficient (Wildman–Crippen LogP) is 31.6. The fraction of sp³-hybridized carbons (Fsp3) is 0.0847. The molecule has 20 aromatic rings. The predicted molar refractivity (Wildman–Crippen MR) is 509 cm³/mol. The lowest BCUT2D eigenvalue weighted by molar-refractivity contribution is 0.521. The number of hydrogen-bond acceptors (Lipinski definition) is 4. The number of benzene rings is 18. The highest BCUT2D eigenvalue weighted by Gasteiger charge is 2.49. The van der Waals surface area contributed by atoms with Crippen molar-refractivity contribution in [1.82, 2.24) is 0 Å². The van der Waals surface area contributed by atoms with Gasteiger partial charge >= 0.3 is 0 Å². The Morgan fingerprint density at radius 2 is 0.566 bits per heavy atom. The molecule has 4 heteroatoms. The molecule has 122 heavy (non-hydrogen) atoms. The van der Waals surface area contributed by atoms with Gasteiger partial charge in [-0.25, -0.2) is 0 Å². The second-order valence-electron chi connectivity index (χ2n) is 34.7. The lowest BCUT2D eigenvalue weighted by Crippen LogP contribution is -2.29. The third-order valence-electron chi connectivity index (χ3n) is 26.2. The largest absolute Gasteiger partial charge is 0.455 e. The highest BCUT2D eigenvalue weighted by atomic mass is 16.3. The minimum atomic E-state index is -0.693. The Balaban J connectivity index is 0.613. The summed E-state index contributed by atoms with van der Waals surface area (Å²) in [6, 6.07) is 160. The highest BCUT2D eigenvalue weighted by molar-refractivity contribution is 6.11. The van der Waals surface area contributed by atoms with Crippen LogP contribution in [0.4, 0.5) is 34.1 Å². The number of fused-ring (bicyclic) bond motifs is 12. The van der Waals surface area contributed by atoms with E-state index >= 15 is 0 Å². The van der Waals surface area contributed by atoms with Crippen LogP contribution in [0.15, 0.2) is 440 Å². The first-order valence-corrected chi connectivity index (χ1v) is 42.6. The molecule has 22 rings (SSSR count). The van der Waals surface area contributed by atoms with Gasteiger partial charge in [0.1, 0.15) is 22.3 Å². The summed E-state index contributed by atoms with van der Waals surface area (Å²) in [5, 5.41) is 4.47. The van der Waals surface area contributed by atoms with Crippen molar-refractivity contribution in [3.05, 3.63) is 492 Å². The molecule has 0 saturated heterocycles. The Bertz CT molecular complexity index is 7290. The van der Waals surface area contributed by atoms with Crippen LogP contribution in [0.2, 0.25) is 0 Å². The zero-order valence-corrected chi connectivity index (χ0v) is 68.9. The minimum Gasteiger partial charge on any atom is -0.455 e. The fourth-order valence-electron chi connectivity index (χ4n) is 20.3. The SMILES string of the molecule is CC(C)(C)c1ccc2c(c1)C(c1ccccc1)(c1ccccc1)c1cc(N(c3ccc(-c4ccc(CC(C)(C)c5ccc6c(c5)C(c5ccccc5)(c5ccccc5)c5cc(N(c7ccc(-c8cccc9c8oc8ccccc89)cc7)c7ccccc7-c7ccccc7)ccc5-6)cc4)cc3)c3ccc(-c4cccc5c4oc4ccccc45)cc3)ccc1-2. The van der Waals surface area contributed by atoms with Gasteiger partial charge in [0.25, 0.3) is 0 Å². The molecule has 582 valence electrons. The average Bonchev–Trinajstić information content (AvgIpc) is 1.53. The normalized spacial score (nSPS) is 13.1. The maximum atomic E-state index is 6.63. The van der Waals surface area contributed by atoms with Crippen molar-refractivity contribution in [3.8, 4) is 66.8 Å². The van der Waals surface area contributed by atoms with Gasteiger partial charge in [-0.3, -0.25) is 0 Å². The first-order valence-electron chi connectivity index (χ1n) is 42.6. The van der Waals surface area contributed by atoms with E-state index in [-0.39, 0.29) is 10.8 Å². The molecule has 18 aromatic carbocycles. The van der Waals surface area contributed by atoms with Crippen molar-refractivity contribution in [2.75, 3.05) is 9.80 Å². The number of rotatable bonds is 17. The Kier molecular flexibility index (Phi) is 17.7. The lowest BCUT2D eigenvalue weighted by atomic mass is 9.66. The van der Waals surface area contributed by atoms with Crippen LogP contribution >= 0.6 is 0 Å².